The molecular weight excluding hydrogens is 427 g/mol. The fourth-order valence-corrected chi connectivity index (χ4v) is 3.34. The van der Waals surface area contributed by atoms with Gasteiger partial charge >= 0.3 is 0 Å². The highest BCUT2D eigenvalue weighted by molar-refractivity contribution is 6.32. The second kappa shape index (κ2) is 8.66. The molecule has 0 saturated carbocycles. The number of nitrogens with one attached hydrogen (secondary N) is 4. The van der Waals surface area contributed by atoms with Gasteiger partial charge in [-0.15, -0.1) is 5.53 Å². The molecule has 0 radical (unpaired) electrons. The highest BCUT2D eigenvalue weighted by Gasteiger charge is 2.18. The van der Waals surface area contributed by atoms with Crippen molar-refractivity contribution in [2.24, 2.45) is 0 Å². The van der Waals surface area contributed by atoms with Crippen LogP contribution in [0, 0.1) is 0 Å². The lowest BCUT2D eigenvalue weighted by atomic mass is 10.1. The van der Waals surface area contributed by atoms with E-state index in [1.807, 2.05) is 18.2 Å². The lowest BCUT2D eigenvalue weighted by Crippen LogP contribution is -2.23. The average Bonchev–Trinajstić information content (AvgIpc) is 3.20. The van der Waals surface area contributed by atoms with Gasteiger partial charge in [-0.05, 0) is 23.8 Å². The van der Waals surface area contributed by atoms with E-state index in [9.17, 15) is 4.79 Å². The minimum absolute atomic E-state index is 0.192. The van der Waals surface area contributed by atoms with Crippen LogP contribution >= 0.6 is 23.2 Å². The van der Waals surface area contributed by atoms with Gasteiger partial charge in [-0.1, -0.05) is 47.5 Å². The van der Waals surface area contributed by atoms with Crippen molar-refractivity contribution in [3.63, 3.8) is 0 Å². The zero-order valence-corrected chi connectivity index (χ0v) is 17.1. The number of hydrogen-bond acceptors (Lipinski definition) is 7. The summed E-state index contributed by atoms with van der Waals surface area (Å²) in [4.78, 5) is 16.6. The lowest BCUT2D eigenvalue weighted by molar-refractivity contribution is 0.0951. The van der Waals surface area contributed by atoms with E-state index in [2.05, 4.69) is 26.7 Å². The van der Waals surface area contributed by atoms with Crippen molar-refractivity contribution in [1.82, 2.24) is 15.8 Å². The molecule has 1 amide bonds. The number of nitrogens with two attached hydrogens (primary N) is 1. The fourth-order valence-electron chi connectivity index (χ4n) is 2.90. The van der Waals surface area contributed by atoms with Gasteiger partial charge in [-0.3, -0.25) is 15.6 Å². The first-order valence-corrected chi connectivity index (χ1v) is 9.77. The number of hydrazine groups is 2. The fraction of sp³-hybridized carbons (Fsp3) is 0.100. The Morgan fingerprint density at radius 2 is 1.90 bits per heavy atom. The minimum Gasteiger partial charge on any atom is -0.486 e. The molecule has 0 saturated heterocycles. The molecule has 2 aromatic carbocycles. The summed E-state index contributed by atoms with van der Waals surface area (Å²) in [7, 11) is 0. The molecule has 1 aromatic heterocycles. The van der Waals surface area contributed by atoms with Crippen molar-refractivity contribution < 1.29 is 9.53 Å². The number of amides is 1. The van der Waals surface area contributed by atoms with Gasteiger partial charge in [0.25, 0.3) is 5.91 Å². The van der Waals surface area contributed by atoms with Gasteiger partial charge in [0.1, 0.15) is 18.1 Å². The molecule has 0 spiro atoms. The number of carbonyl (C=O) groups is 1. The van der Waals surface area contributed by atoms with Crippen LogP contribution in [0.4, 0.5) is 17.3 Å². The number of benzene rings is 2. The van der Waals surface area contributed by atoms with E-state index >= 15 is 0 Å². The van der Waals surface area contributed by atoms with E-state index in [4.69, 9.17) is 33.7 Å². The number of nitrogens with zero attached hydrogens (tertiary/aromatic N) is 1. The Kier molecular flexibility index (Phi) is 5.80. The maximum Gasteiger partial charge on any atom is 0.251 e. The second-order valence-corrected chi connectivity index (χ2v) is 7.33. The molecule has 8 nitrogen and oxygen atoms in total. The summed E-state index contributed by atoms with van der Waals surface area (Å²) in [5, 5.41) is 3.86. The monoisotopic (exact) mass is 444 g/mol. The number of rotatable bonds is 6. The van der Waals surface area contributed by atoms with E-state index in [-0.39, 0.29) is 12.5 Å². The van der Waals surface area contributed by atoms with Crippen LogP contribution in [0.15, 0.2) is 48.5 Å². The predicted molar refractivity (Wildman–Crippen MR) is 117 cm³/mol. The van der Waals surface area contributed by atoms with Crippen LogP contribution in [0.5, 0.6) is 5.75 Å². The Balaban J connectivity index is 1.41. The van der Waals surface area contributed by atoms with Gasteiger partial charge in [0, 0.05) is 33.8 Å². The van der Waals surface area contributed by atoms with Crippen LogP contribution in [0.25, 0.3) is 0 Å². The molecule has 1 aliphatic rings. The van der Waals surface area contributed by atoms with Gasteiger partial charge in [0.05, 0.1) is 0 Å². The van der Waals surface area contributed by atoms with Crippen molar-refractivity contribution in [1.29, 1.82) is 0 Å². The molecule has 6 N–H and O–H groups in total. The molecule has 1 aliphatic heterocycles. The summed E-state index contributed by atoms with van der Waals surface area (Å²) in [6.45, 7) is 0.516. The quantitative estimate of drug-likeness (QED) is 0.393. The summed E-state index contributed by atoms with van der Waals surface area (Å²) < 4.78 is 5.85. The molecule has 30 heavy (non-hydrogen) atoms. The summed E-state index contributed by atoms with van der Waals surface area (Å²) >= 11 is 12.5. The maximum absolute atomic E-state index is 12.5. The second-order valence-electron chi connectivity index (χ2n) is 6.51. The molecule has 10 heteroatoms. The topological polar surface area (TPSA) is 113 Å². The summed E-state index contributed by atoms with van der Waals surface area (Å²) in [5.74, 6) is 1.14. The smallest absolute Gasteiger partial charge is 0.251 e. The first-order chi connectivity index (χ1) is 14.5. The van der Waals surface area contributed by atoms with E-state index in [0.717, 1.165) is 11.1 Å². The largest absolute Gasteiger partial charge is 0.486 e. The Hall–Kier alpha value is -3.20. The number of pyridine rings is 1. The zero-order chi connectivity index (χ0) is 21.1. The number of aromatic nitrogens is 1. The summed E-state index contributed by atoms with van der Waals surface area (Å²) in [6, 6.07) is 14.0. The normalized spacial score (nSPS) is 11.9. The minimum atomic E-state index is -0.245. The lowest BCUT2D eigenvalue weighted by Gasteiger charge is -2.12. The predicted octanol–water partition coefficient (Wildman–Crippen LogP) is 3.74. The van der Waals surface area contributed by atoms with Crippen LogP contribution in [0.3, 0.4) is 0 Å². The Bertz CT molecular complexity index is 1110. The Morgan fingerprint density at radius 1 is 1.07 bits per heavy atom. The molecular formula is C20H18Cl2N6O2. The number of hydrogen-bond donors (Lipinski definition) is 5. The van der Waals surface area contributed by atoms with Crippen LogP contribution in [0.1, 0.15) is 21.5 Å². The number of halogens is 2. The van der Waals surface area contributed by atoms with Gasteiger partial charge in [-0.2, -0.15) is 0 Å². The number of carbonyl (C=O) groups excluding carboxylic acids is 1. The Labute approximate surface area is 182 Å². The summed E-state index contributed by atoms with van der Waals surface area (Å²) in [5.41, 5.74) is 16.9. The third kappa shape index (κ3) is 4.35. The van der Waals surface area contributed by atoms with Crippen molar-refractivity contribution in [2.45, 2.75) is 13.2 Å². The number of ether oxygens (including phenoxy) is 1. The third-order valence-corrected chi connectivity index (χ3v) is 5.19. The van der Waals surface area contributed by atoms with Crippen molar-refractivity contribution in [3.05, 3.63) is 75.3 Å². The third-order valence-electron chi connectivity index (χ3n) is 4.47. The number of nitrogen functional groups attached to an aromatic ring is 1. The van der Waals surface area contributed by atoms with Gasteiger partial charge in [0.2, 0.25) is 0 Å². The van der Waals surface area contributed by atoms with Crippen LogP contribution < -0.4 is 32.2 Å². The maximum atomic E-state index is 12.5. The van der Waals surface area contributed by atoms with Crippen molar-refractivity contribution in [3.8, 4) is 5.75 Å². The SMILES string of the molecule is Nc1cc(OCc2ccc(C(=O)NCc3ccccc3Cl)cc2Cl)c2c(n1)NNN2. The summed E-state index contributed by atoms with van der Waals surface area (Å²) in [6.07, 6.45) is 0. The number of anilines is 3. The molecule has 0 fully saturated rings. The zero-order valence-electron chi connectivity index (χ0n) is 15.6. The average molecular weight is 445 g/mol. The van der Waals surface area contributed by atoms with E-state index in [1.54, 1.807) is 30.3 Å². The molecule has 3 aromatic rings. The first kappa shape index (κ1) is 20.1. The number of fused-ring (bicyclic) bond motifs is 1. The van der Waals surface area contributed by atoms with Gasteiger partial charge in [-0.25, -0.2) is 4.98 Å². The standard InChI is InChI=1S/C20H18Cl2N6O2/c21-14-4-2-1-3-12(14)9-24-20(29)11-5-6-13(15(22)7-11)10-30-16-8-17(23)25-19-18(16)26-28-27-19/h1-8,26,28H,9-10H2,(H,24,29)(H3,23,25,27). The van der Waals surface area contributed by atoms with Crippen molar-refractivity contribution >= 4 is 46.4 Å². The first-order valence-electron chi connectivity index (χ1n) is 9.01. The molecule has 0 bridgehead atoms. The van der Waals surface area contributed by atoms with Gasteiger partial charge < -0.3 is 15.8 Å². The van der Waals surface area contributed by atoms with Crippen LogP contribution in [0.2, 0.25) is 10.0 Å². The molecule has 0 atom stereocenters. The van der Waals surface area contributed by atoms with Gasteiger partial charge in [0.15, 0.2) is 11.6 Å². The molecule has 2 heterocycles. The van der Waals surface area contributed by atoms with E-state index < -0.39 is 0 Å². The highest BCUT2D eigenvalue weighted by Crippen LogP contribution is 2.35. The molecule has 4 rings (SSSR count). The van der Waals surface area contributed by atoms with Crippen LogP contribution in [-0.2, 0) is 13.2 Å². The Morgan fingerprint density at radius 3 is 2.70 bits per heavy atom. The van der Waals surface area contributed by atoms with Crippen LogP contribution in [-0.4, -0.2) is 10.9 Å². The molecule has 154 valence electrons. The van der Waals surface area contributed by atoms with E-state index in [1.165, 1.54) is 0 Å². The van der Waals surface area contributed by atoms with E-state index in [0.29, 0.717) is 45.2 Å². The highest BCUT2D eigenvalue weighted by atomic mass is 35.5. The molecule has 0 aliphatic carbocycles. The van der Waals surface area contributed by atoms with Crippen molar-refractivity contribution in [2.75, 3.05) is 16.6 Å². The molecule has 0 unspecified atom stereocenters.